The van der Waals surface area contributed by atoms with Crippen LogP contribution < -0.4 is 10.6 Å². The summed E-state index contributed by atoms with van der Waals surface area (Å²) in [7, 11) is 0. The van der Waals surface area contributed by atoms with E-state index in [0.29, 0.717) is 30.0 Å². The van der Waals surface area contributed by atoms with Crippen molar-refractivity contribution in [2.24, 2.45) is 0 Å². The molecule has 1 unspecified atom stereocenters. The second kappa shape index (κ2) is 8.76. The van der Waals surface area contributed by atoms with Crippen LogP contribution in [-0.4, -0.2) is 11.8 Å². The zero-order valence-corrected chi connectivity index (χ0v) is 17.6. The molecule has 2 aliphatic rings. The quantitative estimate of drug-likeness (QED) is 0.714. The fourth-order valence-electron chi connectivity index (χ4n) is 3.86. The van der Waals surface area contributed by atoms with Crippen molar-refractivity contribution in [1.82, 2.24) is 0 Å². The molecule has 0 aromatic heterocycles. The highest BCUT2D eigenvalue weighted by atomic mass is 19.1. The molecule has 2 amide bonds. The fraction of sp³-hybridized carbons (Fsp3) is 0.417. The van der Waals surface area contributed by atoms with Crippen molar-refractivity contribution >= 4 is 23.2 Å². The molecule has 0 bridgehead atoms. The molecule has 2 aromatic rings. The van der Waals surface area contributed by atoms with Gasteiger partial charge in [-0.05, 0) is 46.6 Å². The van der Waals surface area contributed by atoms with E-state index in [4.69, 9.17) is 0 Å². The first-order valence-corrected chi connectivity index (χ1v) is 10.3. The minimum absolute atomic E-state index is 0.116. The van der Waals surface area contributed by atoms with E-state index in [1.165, 1.54) is 18.4 Å². The van der Waals surface area contributed by atoms with Crippen LogP contribution in [-0.2, 0) is 22.4 Å². The third kappa shape index (κ3) is 4.66. The lowest BCUT2D eigenvalue weighted by molar-refractivity contribution is -0.115. The molecule has 1 atom stereocenters. The molecule has 0 aliphatic carbocycles. The first kappa shape index (κ1) is 21.0. The highest BCUT2D eigenvalue weighted by molar-refractivity contribution is 5.99. The van der Waals surface area contributed by atoms with E-state index in [0.717, 1.165) is 16.8 Å². The van der Waals surface area contributed by atoms with Crippen LogP contribution in [0, 0.1) is 5.82 Å². The van der Waals surface area contributed by atoms with Crippen molar-refractivity contribution in [2.75, 3.05) is 10.6 Å². The number of hydrogen-bond acceptors (Lipinski definition) is 2. The summed E-state index contributed by atoms with van der Waals surface area (Å²) < 4.78 is 13.8. The SMILES string of the molecule is CC(C)c1ccc2c(c1F)NC(=O)C2.CCCC(C)c1ccc2c(c1)NC(=O)C2. The van der Waals surface area contributed by atoms with Gasteiger partial charge < -0.3 is 10.6 Å². The lowest BCUT2D eigenvalue weighted by Crippen LogP contribution is -2.05. The van der Waals surface area contributed by atoms with Gasteiger partial charge in [0.2, 0.25) is 11.8 Å². The average molecular weight is 397 g/mol. The Balaban J connectivity index is 0.000000166. The van der Waals surface area contributed by atoms with Gasteiger partial charge in [-0.3, -0.25) is 9.59 Å². The van der Waals surface area contributed by atoms with Crippen molar-refractivity contribution in [2.45, 2.75) is 65.2 Å². The average Bonchev–Trinajstić information content (AvgIpc) is 3.23. The van der Waals surface area contributed by atoms with Crippen LogP contribution in [0.5, 0.6) is 0 Å². The number of carbonyl (C=O) groups is 2. The van der Waals surface area contributed by atoms with Gasteiger partial charge in [-0.25, -0.2) is 4.39 Å². The van der Waals surface area contributed by atoms with Gasteiger partial charge in [-0.15, -0.1) is 0 Å². The van der Waals surface area contributed by atoms with E-state index < -0.39 is 0 Å². The number of hydrogen-bond donors (Lipinski definition) is 2. The van der Waals surface area contributed by atoms with Gasteiger partial charge in [-0.1, -0.05) is 58.4 Å². The molecule has 0 saturated heterocycles. The number of anilines is 2. The number of fused-ring (bicyclic) bond motifs is 2. The third-order valence-electron chi connectivity index (χ3n) is 5.55. The monoisotopic (exact) mass is 396 g/mol. The standard InChI is InChI=1S/C13H17NO.C11H12FNO/c1-3-4-9(2)10-5-6-11-8-13(15)14-12(11)7-10;1-6(2)8-4-3-7-5-9(14)13-11(7)10(8)12/h5-7,9H,3-4,8H2,1-2H3,(H,14,15);3-4,6H,5H2,1-2H3,(H,13,14). The lowest BCUT2D eigenvalue weighted by Gasteiger charge is -2.11. The largest absolute Gasteiger partial charge is 0.326 e. The smallest absolute Gasteiger partial charge is 0.228 e. The molecule has 29 heavy (non-hydrogen) atoms. The van der Waals surface area contributed by atoms with Gasteiger partial charge in [0.15, 0.2) is 0 Å². The van der Waals surface area contributed by atoms with Crippen molar-refractivity contribution < 1.29 is 14.0 Å². The molecule has 4 nitrogen and oxygen atoms in total. The van der Waals surface area contributed by atoms with Crippen LogP contribution in [0.25, 0.3) is 0 Å². The van der Waals surface area contributed by atoms with Crippen LogP contribution >= 0.6 is 0 Å². The summed E-state index contributed by atoms with van der Waals surface area (Å²) >= 11 is 0. The van der Waals surface area contributed by atoms with Crippen molar-refractivity contribution in [3.63, 3.8) is 0 Å². The van der Waals surface area contributed by atoms with Crippen LogP contribution in [0.1, 0.15) is 74.6 Å². The summed E-state index contributed by atoms with van der Waals surface area (Å²) in [6.07, 6.45) is 3.24. The summed E-state index contributed by atoms with van der Waals surface area (Å²) in [5.74, 6) is 0.434. The Morgan fingerprint density at radius 3 is 2.31 bits per heavy atom. The van der Waals surface area contributed by atoms with E-state index in [-0.39, 0.29) is 23.5 Å². The Bertz CT molecular complexity index is 937. The Morgan fingerprint density at radius 2 is 1.62 bits per heavy atom. The topological polar surface area (TPSA) is 58.2 Å². The van der Waals surface area contributed by atoms with Gasteiger partial charge in [0, 0.05) is 5.69 Å². The van der Waals surface area contributed by atoms with Crippen molar-refractivity contribution in [3.05, 3.63) is 58.4 Å². The van der Waals surface area contributed by atoms with Crippen molar-refractivity contribution in [3.8, 4) is 0 Å². The molecule has 0 saturated carbocycles. The summed E-state index contributed by atoms with van der Waals surface area (Å²) in [6, 6.07) is 9.94. The van der Waals surface area contributed by atoms with Crippen LogP contribution in [0.3, 0.4) is 0 Å². The molecule has 0 fully saturated rings. The van der Waals surface area contributed by atoms with Crippen LogP contribution in [0.2, 0.25) is 0 Å². The molecule has 5 heteroatoms. The van der Waals surface area contributed by atoms with Crippen LogP contribution in [0.15, 0.2) is 30.3 Å². The van der Waals surface area contributed by atoms with E-state index in [9.17, 15) is 14.0 Å². The zero-order valence-electron chi connectivity index (χ0n) is 17.6. The second-order valence-corrected chi connectivity index (χ2v) is 8.21. The molecule has 0 spiro atoms. The minimum atomic E-state index is -0.275. The fourth-order valence-corrected chi connectivity index (χ4v) is 3.86. The number of amides is 2. The normalized spacial score (nSPS) is 15.2. The molecular weight excluding hydrogens is 367 g/mol. The van der Waals surface area contributed by atoms with E-state index in [1.54, 1.807) is 6.07 Å². The molecule has 2 N–H and O–H groups in total. The highest BCUT2D eigenvalue weighted by Crippen LogP contribution is 2.31. The highest BCUT2D eigenvalue weighted by Gasteiger charge is 2.23. The number of rotatable bonds is 4. The number of benzene rings is 2. The molecule has 2 heterocycles. The van der Waals surface area contributed by atoms with Gasteiger partial charge in [0.05, 0.1) is 18.5 Å². The second-order valence-electron chi connectivity index (χ2n) is 8.21. The lowest BCUT2D eigenvalue weighted by atomic mass is 9.95. The van der Waals surface area contributed by atoms with E-state index in [2.05, 4.69) is 42.7 Å². The molecule has 4 rings (SSSR count). The Hall–Kier alpha value is -2.69. The molecular formula is C24H29FN2O2. The minimum Gasteiger partial charge on any atom is -0.326 e. The molecule has 0 radical (unpaired) electrons. The maximum Gasteiger partial charge on any atom is 0.228 e. The maximum absolute atomic E-state index is 13.8. The van der Waals surface area contributed by atoms with E-state index >= 15 is 0 Å². The molecule has 2 aliphatic heterocycles. The van der Waals surface area contributed by atoms with Crippen LogP contribution in [0.4, 0.5) is 15.8 Å². The van der Waals surface area contributed by atoms with Crippen molar-refractivity contribution in [1.29, 1.82) is 0 Å². The number of carbonyl (C=O) groups excluding carboxylic acids is 2. The van der Waals surface area contributed by atoms with Gasteiger partial charge in [-0.2, -0.15) is 0 Å². The summed E-state index contributed by atoms with van der Waals surface area (Å²) in [5.41, 5.74) is 5.27. The van der Waals surface area contributed by atoms with Gasteiger partial charge in [0.1, 0.15) is 5.82 Å². The molecule has 2 aromatic carbocycles. The summed E-state index contributed by atoms with van der Waals surface area (Å²) in [5, 5.41) is 5.44. The van der Waals surface area contributed by atoms with Gasteiger partial charge in [0.25, 0.3) is 0 Å². The number of halogens is 1. The predicted octanol–water partition coefficient (Wildman–Crippen LogP) is 5.53. The first-order chi connectivity index (χ1) is 13.8. The zero-order chi connectivity index (χ0) is 21.1. The third-order valence-corrected chi connectivity index (χ3v) is 5.55. The summed E-state index contributed by atoms with van der Waals surface area (Å²) in [6.45, 7) is 8.30. The predicted molar refractivity (Wildman–Crippen MR) is 115 cm³/mol. The number of nitrogens with one attached hydrogen (secondary N) is 2. The van der Waals surface area contributed by atoms with E-state index in [1.807, 2.05) is 19.9 Å². The first-order valence-electron chi connectivity index (χ1n) is 10.3. The Kier molecular flexibility index (Phi) is 6.36. The Labute approximate surface area is 171 Å². The van der Waals surface area contributed by atoms with Gasteiger partial charge >= 0.3 is 0 Å². The molecule has 154 valence electrons. The summed E-state index contributed by atoms with van der Waals surface area (Å²) in [4.78, 5) is 22.3. The maximum atomic E-state index is 13.8. The Morgan fingerprint density at radius 1 is 0.966 bits per heavy atom.